The molecule has 1 fully saturated rings. The smallest absolute Gasteiger partial charge is 0.145 e. The maximum absolute atomic E-state index is 4.40. The molecule has 0 radical (unpaired) electrons. The molecule has 0 aromatic carbocycles. The third-order valence-corrected chi connectivity index (χ3v) is 2.76. The highest BCUT2D eigenvalue weighted by atomic mass is 15.0. The first-order valence-electron chi connectivity index (χ1n) is 5.44. The largest absolute Gasteiger partial charge is 0.307 e. The Hall–Kier alpha value is -0.960. The van der Waals surface area contributed by atoms with Crippen LogP contribution >= 0.6 is 0 Å². The van der Waals surface area contributed by atoms with Crippen molar-refractivity contribution >= 4 is 0 Å². The molecule has 0 aliphatic carbocycles. The van der Waals surface area contributed by atoms with Crippen molar-refractivity contribution in [3.63, 3.8) is 0 Å². The Morgan fingerprint density at radius 2 is 2.14 bits per heavy atom. The van der Waals surface area contributed by atoms with Gasteiger partial charge in [-0.2, -0.15) is 0 Å². The fraction of sp³-hybridized carbons (Fsp3) is 0.636. The lowest BCUT2D eigenvalue weighted by atomic mass is 10.0. The number of piperidine rings is 1. The van der Waals surface area contributed by atoms with Crippen LogP contribution in [0.4, 0.5) is 0 Å². The SMILES string of the molecule is CCc1cnc(C2CCCCN2)nc1. The van der Waals surface area contributed by atoms with E-state index in [2.05, 4.69) is 22.2 Å². The Bertz CT molecular complexity index is 275. The minimum absolute atomic E-state index is 0.384. The molecule has 3 nitrogen and oxygen atoms in total. The normalized spacial score (nSPS) is 22.2. The maximum atomic E-state index is 4.40. The van der Waals surface area contributed by atoms with Crippen LogP contribution < -0.4 is 5.32 Å². The van der Waals surface area contributed by atoms with Crippen LogP contribution in [0.25, 0.3) is 0 Å². The lowest BCUT2D eigenvalue weighted by Crippen LogP contribution is -2.28. The number of nitrogens with zero attached hydrogens (tertiary/aromatic N) is 2. The van der Waals surface area contributed by atoms with Gasteiger partial charge in [0.15, 0.2) is 0 Å². The summed E-state index contributed by atoms with van der Waals surface area (Å²) >= 11 is 0. The molecule has 0 amide bonds. The van der Waals surface area contributed by atoms with E-state index in [0.29, 0.717) is 6.04 Å². The van der Waals surface area contributed by atoms with Gasteiger partial charge in [0, 0.05) is 12.4 Å². The van der Waals surface area contributed by atoms with Gasteiger partial charge in [-0.05, 0) is 31.4 Å². The van der Waals surface area contributed by atoms with Crippen LogP contribution in [0, 0.1) is 0 Å². The number of aryl methyl sites for hydroxylation is 1. The Labute approximate surface area is 85.0 Å². The summed E-state index contributed by atoms with van der Waals surface area (Å²) in [4.78, 5) is 8.80. The van der Waals surface area contributed by atoms with Crippen molar-refractivity contribution in [1.82, 2.24) is 15.3 Å². The number of hydrogen-bond donors (Lipinski definition) is 1. The standard InChI is InChI=1S/C11H17N3/c1-2-9-7-13-11(14-8-9)10-5-3-4-6-12-10/h7-8,10,12H,2-6H2,1H3. The molecule has 1 aliphatic heterocycles. The molecule has 0 saturated carbocycles. The van der Waals surface area contributed by atoms with Crippen molar-refractivity contribution < 1.29 is 0 Å². The predicted molar refractivity (Wildman–Crippen MR) is 56.0 cm³/mol. The van der Waals surface area contributed by atoms with Crippen molar-refractivity contribution in [2.75, 3.05) is 6.54 Å². The van der Waals surface area contributed by atoms with Crippen molar-refractivity contribution in [1.29, 1.82) is 0 Å². The molecule has 14 heavy (non-hydrogen) atoms. The highest BCUT2D eigenvalue weighted by molar-refractivity contribution is 5.07. The van der Waals surface area contributed by atoms with Gasteiger partial charge in [0.1, 0.15) is 5.82 Å². The van der Waals surface area contributed by atoms with Crippen LogP contribution in [0.5, 0.6) is 0 Å². The minimum atomic E-state index is 0.384. The van der Waals surface area contributed by atoms with Crippen LogP contribution in [0.1, 0.15) is 43.6 Å². The summed E-state index contributed by atoms with van der Waals surface area (Å²) in [6.45, 7) is 3.22. The summed E-state index contributed by atoms with van der Waals surface area (Å²) in [5, 5.41) is 3.45. The third kappa shape index (κ3) is 2.10. The summed E-state index contributed by atoms with van der Waals surface area (Å²) in [6.07, 6.45) is 8.64. The summed E-state index contributed by atoms with van der Waals surface area (Å²) in [5.41, 5.74) is 1.21. The molecule has 1 aliphatic rings. The zero-order chi connectivity index (χ0) is 9.80. The monoisotopic (exact) mass is 191 g/mol. The first-order chi connectivity index (χ1) is 6.90. The first-order valence-corrected chi connectivity index (χ1v) is 5.44. The van der Waals surface area contributed by atoms with Gasteiger partial charge in [0.25, 0.3) is 0 Å². The summed E-state index contributed by atoms with van der Waals surface area (Å²) in [5.74, 6) is 0.960. The second kappa shape index (κ2) is 4.51. The van der Waals surface area contributed by atoms with Crippen molar-refractivity contribution in [3.05, 3.63) is 23.8 Å². The van der Waals surface area contributed by atoms with Crippen LogP contribution in [0.15, 0.2) is 12.4 Å². The topological polar surface area (TPSA) is 37.8 Å². The average molecular weight is 191 g/mol. The predicted octanol–water partition coefficient (Wildman–Crippen LogP) is 1.85. The van der Waals surface area contributed by atoms with Gasteiger partial charge in [-0.1, -0.05) is 13.3 Å². The molecule has 1 aromatic rings. The lowest BCUT2D eigenvalue weighted by Gasteiger charge is -2.21. The van der Waals surface area contributed by atoms with E-state index in [1.54, 1.807) is 0 Å². The summed E-state index contributed by atoms with van der Waals surface area (Å²) < 4.78 is 0. The number of hydrogen-bond acceptors (Lipinski definition) is 3. The van der Waals surface area contributed by atoms with Gasteiger partial charge >= 0.3 is 0 Å². The molecule has 76 valence electrons. The van der Waals surface area contributed by atoms with Gasteiger partial charge in [0.05, 0.1) is 6.04 Å². The molecule has 0 spiro atoms. The molecule has 1 atom stereocenters. The van der Waals surface area contributed by atoms with Crippen molar-refractivity contribution in [3.8, 4) is 0 Å². The highest BCUT2D eigenvalue weighted by Gasteiger charge is 2.16. The Balaban J connectivity index is 2.07. The molecule has 1 aromatic heterocycles. The van der Waals surface area contributed by atoms with E-state index in [0.717, 1.165) is 18.8 Å². The van der Waals surface area contributed by atoms with E-state index in [-0.39, 0.29) is 0 Å². The first kappa shape index (κ1) is 9.59. The maximum Gasteiger partial charge on any atom is 0.145 e. The molecule has 1 saturated heterocycles. The van der Waals surface area contributed by atoms with Gasteiger partial charge in [-0.3, -0.25) is 0 Å². The molecular weight excluding hydrogens is 174 g/mol. The van der Waals surface area contributed by atoms with E-state index in [1.165, 1.54) is 24.8 Å². The zero-order valence-electron chi connectivity index (χ0n) is 8.66. The van der Waals surface area contributed by atoms with Gasteiger partial charge in [0.2, 0.25) is 0 Å². The fourth-order valence-corrected chi connectivity index (χ4v) is 1.80. The molecule has 1 unspecified atom stereocenters. The van der Waals surface area contributed by atoms with Crippen LogP contribution in [-0.4, -0.2) is 16.5 Å². The second-order valence-electron chi connectivity index (χ2n) is 3.81. The Morgan fingerprint density at radius 1 is 1.36 bits per heavy atom. The number of rotatable bonds is 2. The van der Waals surface area contributed by atoms with Crippen LogP contribution in [0.2, 0.25) is 0 Å². The molecule has 1 N–H and O–H groups in total. The molecule has 0 bridgehead atoms. The van der Waals surface area contributed by atoms with Crippen LogP contribution in [0.3, 0.4) is 0 Å². The Kier molecular flexibility index (Phi) is 3.09. The second-order valence-corrected chi connectivity index (χ2v) is 3.81. The highest BCUT2D eigenvalue weighted by Crippen LogP contribution is 2.19. The van der Waals surface area contributed by atoms with Gasteiger partial charge < -0.3 is 5.32 Å². The van der Waals surface area contributed by atoms with Crippen LogP contribution in [-0.2, 0) is 6.42 Å². The van der Waals surface area contributed by atoms with E-state index in [1.807, 2.05) is 12.4 Å². The average Bonchev–Trinajstić information content (AvgIpc) is 2.30. The van der Waals surface area contributed by atoms with Gasteiger partial charge in [-0.15, -0.1) is 0 Å². The minimum Gasteiger partial charge on any atom is -0.307 e. The molecular formula is C11H17N3. The molecule has 2 heterocycles. The molecule has 2 rings (SSSR count). The van der Waals surface area contributed by atoms with E-state index in [9.17, 15) is 0 Å². The van der Waals surface area contributed by atoms with Gasteiger partial charge in [-0.25, -0.2) is 9.97 Å². The lowest BCUT2D eigenvalue weighted by molar-refractivity contribution is 0.397. The number of aromatic nitrogens is 2. The zero-order valence-corrected chi connectivity index (χ0v) is 8.66. The molecule has 3 heteroatoms. The summed E-state index contributed by atoms with van der Waals surface area (Å²) in [6, 6.07) is 0.384. The Morgan fingerprint density at radius 3 is 2.71 bits per heavy atom. The van der Waals surface area contributed by atoms with E-state index in [4.69, 9.17) is 0 Å². The van der Waals surface area contributed by atoms with Crippen molar-refractivity contribution in [2.45, 2.75) is 38.6 Å². The number of nitrogens with one attached hydrogen (secondary N) is 1. The third-order valence-electron chi connectivity index (χ3n) is 2.76. The van der Waals surface area contributed by atoms with E-state index < -0.39 is 0 Å². The quantitative estimate of drug-likeness (QED) is 0.775. The summed E-state index contributed by atoms with van der Waals surface area (Å²) in [7, 11) is 0. The fourth-order valence-electron chi connectivity index (χ4n) is 1.80. The van der Waals surface area contributed by atoms with E-state index >= 15 is 0 Å². The van der Waals surface area contributed by atoms with Crippen molar-refractivity contribution in [2.24, 2.45) is 0 Å².